The molecule has 0 saturated heterocycles. The first-order valence-electron chi connectivity index (χ1n) is 4.93. The number of benzene rings is 1. The van der Waals surface area contributed by atoms with E-state index in [1.807, 2.05) is 0 Å². The molecule has 0 bridgehead atoms. The van der Waals surface area contributed by atoms with Crippen molar-refractivity contribution in [2.24, 2.45) is 10.2 Å². The van der Waals surface area contributed by atoms with E-state index in [-0.39, 0.29) is 5.82 Å². The van der Waals surface area contributed by atoms with Crippen LogP contribution in [0.5, 0.6) is 0 Å². The first-order valence-corrected chi connectivity index (χ1v) is 4.93. The summed E-state index contributed by atoms with van der Waals surface area (Å²) in [5.74, 6) is -0.357. The van der Waals surface area contributed by atoms with Crippen LogP contribution >= 0.6 is 0 Å². The summed E-state index contributed by atoms with van der Waals surface area (Å²) in [6.07, 6.45) is 1.34. The Morgan fingerprint density at radius 1 is 1.35 bits per heavy atom. The van der Waals surface area contributed by atoms with E-state index in [1.54, 1.807) is 26.0 Å². The lowest BCUT2D eigenvalue weighted by molar-refractivity contribution is 0.242. The van der Waals surface area contributed by atoms with Crippen LogP contribution in [0.25, 0.3) is 0 Å². The summed E-state index contributed by atoms with van der Waals surface area (Å²) >= 11 is 0. The Morgan fingerprint density at radius 2 is 2.12 bits per heavy atom. The molecule has 0 saturated carbocycles. The van der Waals surface area contributed by atoms with Gasteiger partial charge in [0.15, 0.2) is 0 Å². The lowest BCUT2D eigenvalue weighted by atomic mass is 10.2. The third-order valence-corrected chi connectivity index (χ3v) is 1.61. The van der Waals surface area contributed by atoms with Crippen molar-refractivity contribution >= 4 is 18.0 Å². The molecular weight excluding hydrogens is 223 g/mol. The van der Waals surface area contributed by atoms with Gasteiger partial charge in [0.2, 0.25) is 0 Å². The van der Waals surface area contributed by atoms with Crippen molar-refractivity contribution in [3.63, 3.8) is 0 Å². The van der Waals surface area contributed by atoms with Crippen molar-refractivity contribution in [2.45, 2.75) is 13.8 Å². The third kappa shape index (κ3) is 5.41. The zero-order valence-corrected chi connectivity index (χ0v) is 9.57. The van der Waals surface area contributed by atoms with Gasteiger partial charge in [-0.1, -0.05) is 12.1 Å². The molecule has 0 aromatic heterocycles. The molecule has 0 fully saturated rings. The number of rotatable bonds is 3. The lowest BCUT2D eigenvalue weighted by Gasteiger charge is -1.98. The molecule has 0 atom stereocenters. The molecule has 1 aromatic carbocycles. The number of carbonyl (C=O) groups is 1. The summed E-state index contributed by atoms with van der Waals surface area (Å²) in [6.45, 7) is 3.49. The molecule has 17 heavy (non-hydrogen) atoms. The van der Waals surface area contributed by atoms with Gasteiger partial charge in [0.25, 0.3) is 0 Å². The van der Waals surface area contributed by atoms with Crippen LogP contribution < -0.4 is 10.9 Å². The number of hydrazone groups is 2. The van der Waals surface area contributed by atoms with E-state index >= 15 is 0 Å². The van der Waals surface area contributed by atoms with Gasteiger partial charge in [-0.05, 0) is 31.5 Å². The summed E-state index contributed by atoms with van der Waals surface area (Å²) in [4.78, 5) is 11.1. The monoisotopic (exact) mass is 236 g/mol. The summed E-state index contributed by atoms with van der Waals surface area (Å²) in [7, 11) is 0. The molecule has 0 aliphatic heterocycles. The number of urea groups is 1. The van der Waals surface area contributed by atoms with Gasteiger partial charge >= 0.3 is 6.03 Å². The Morgan fingerprint density at radius 3 is 2.76 bits per heavy atom. The maximum absolute atomic E-state index is 12.8. The largest absolute Gasteiger partial charge is 0.355 e. The van der Waals surface area contributed by atoms with E-state index in [0.717, 1.165) is 0 Å². The van der Waals surface area contributed by atoms with E-state index in [4.69, 9.17) is 0 Å². The Labute approximate surface area is 98.4 Å². The van der Waals surface area contributed by atoms with Crippen molar-refractivity contribution in [2.75, 3.05) is 0 Å². The van der Waals surface area contributed by atoms with Crippen LogP contribution in [0, 0.1) is 5.82 Å². The molecule has 0 unspecified atom stereocenters. The summed E-state index contributed by atoms with van der Waals surface area (Å²) in [5, 5.41) is 7.32. The zero-order chi connectivity index (χ0) is 12.7. The summed E-state index contributed by atoms with van der Waals surface area (Å²) in [6, 6.07) is 5.30. The first kappa shape index (κ1) is 12.8. The highest BCUT2D eigenvalue weighted by atomic mass is 19.1. The highest BCUT2D eigenvalue weighted by molar-refractivity contribution is 5.83. The molecule has 0 spiro atoms. The van der Waals surface area contributed by atoms with Gasteiger partial charge < -0.3 is 0 Å². The maximum Gasteiger partial charge on any atom is 0.355 e. The van der Waals surface area contributed by atoms with Gasteiger partial charge in [-0.25, -0.2) is 20.0 Å². The molecule has 1 aromatic rings. The molecule has 0 radical (unpaired) electrons. The predicted molar refractivity (Wildman–Crippen MR) is 64.4 cm³/mol. The molecule has 2 N–H and O–H groups in total. The zero-order valence-electron chi connectivity index (χ0n) is 9.57. The van der Waals surface area contributed by atoms with E-state index < -0.39 is 6.03 Å². The van der Waals surface area contributed by atoms with Crippen molar-refractivity contribution in [3.05, 3.63) is 35.6 Å². The third-order valence-electron chi connectivity index (χ3n) is 1.61. The summed E-state index contributed by atoms with van der Waals surface area (Å²) < 4.78 is 12.8. The molecular formula is C11H13FN4O. The van der Waals surface area contributed by atoms with E-state index in [2.05, 4.69) is 21.1 Å². The number of amides is 2. The van der Waals surface area contributed by atoms with Gasteiger partial charge in [-0.15, -0.1) is 0 Å². The Bertz CT molecular complexity index is 453. The Hall–Kier alpha value is -2.24. The van der Waals surface area contributed by atoms with E-state index in [1.165, 1.54) is 18.3 Å². The van der Waals surface area contributed by atoms with Gasteiger partial charge in [0.05, 0.1) is 6.21 Å². The minimum absolute atomic E-state index is 0.357. The Kier molecular flexibility index (Phi) is 4.80. The fourth-order valence-corrected chi connectivity index (χ4v) is 0.940. The first-order chi connectivity index (χ1) is 8.08. The van der Waals surface area contributed by atoms with Gasteiger partial charge in [0, 0.05) is 5.71 Å². The van der Waals surface area contributed by atoms with Crippen LogP contribution in [0.3, 0.4) is 0 Å². The number of hydrogen-bond acceptors (Lipinski definition) is 3. The predicted octanol–water partition coefficient (Wildman–Crippen LogP) is 1.85. The second-order valence-corrected chi connectivity index (χ2v) is 3.42. The standard InChI is InChI=1S/C11H13FN4O/c1-8(2)14-16-11(17)15-13-7-9-4-3-5-10(12)6-9/h3-7H,1-2H3,(H2,15,16,17). The SMILES string of the molecule is CC(C)=NNC(=O)NN=Cc1cccc(F)c1. The second kappa shape index (κ2) is 6.37. The summed E-state index contributed by atoms with van der Waals surface area (Å²) in [5.41, 5.74) is 5.70. The van der Waals surface area contributed by atoms with Crippen LogP contribution in [-0.2, 0) is 0 Å². The van der Waals surface area contributed by atoms with Crippen LogP contribution in [0.2, 0.25) is 0 Å². The van der Waals surface area contributed by atoms with Crippen LogP contribution in [0.4, 0.5) is 9.18 Å². The molecule has 0 aliphatic rings. The molecule has 6 heteroatoms. The van der Waals surface area contributed by atoms with Gasteiger partial charge in [-0.2, -0.15) is 10.2 Å². The quantitative estimate of drug-likeness (QED) is 0.610. The van der Waals surface area contributed by atoms with Crippen LogP contribution in [-0.4, -0.2) is 18.0 Å². The second-order valence-electron chi connectivity index (χ2n) is 3.42. The smallest absolute Gasteiger partial charge is 0.245 e. The lowest BCUT2D eigenvalue weighted by Crippen LogP contribution is -2.28. The minimum atomic E-state index is -0.557. The molecule has 0 heterocycles. The van der Waals surface area contributed by atoms with E-state index in [9.17, 15) is 9.18 Å². The molecule has 1 rings (SSSR count). The molecule has 2 amide bonds. The number of nitrogens with one attached hydrogen (secondary N) is 2. The van der Waals surface area contributed by atoms with Crippen LogP contribution in [0.1, 0.15) is 19.4 Å². The maximum atomic E-state index is 12.8. The average Bonchev–Trinajstić information content (AvgIpc) is 2.26. The normalized spacial score (nSPS) is 10.1. The molecule has 5 nitrogen and oxygen atoms in total. The Balaban J connectivity index is 2.45. The van der Waals surface area contributed by atoms with Crippen molar-refractivity contribution in [1.82, 2.24) is 10.9 Å². The number of nitrogens with zero attached hydrogens (tertiary/aromatic N) is 2. The number of carbonyl (C=O) groups excluding carboxylic acids is 1. The average molecular weight is 236 g/mol. The molecule has 90 valence electrons. The fraction of sp³-hybridized carbons (Fsp3) is 0.182. The minimum Gasteiger partial charge on any atom is -0.245 e. The van der Waals surface area contributed by atoms with Gasteiger partial charge in [-0.3, -0.25) is 0 Å². The van der Waals surface area contributed by atoms with Crippen molar-refractivity contribution < 1.29 is 9.18 Å². The molecule has 0 aliphatic carbocycles. The number of halogens is 1. The topological polar surface area (TPSA) is 65.8 Å². The van der Waals surface area contributed by atoms with E-state index in [0.29, 0.717) is 11.3 Å². The van der Waals surface area contributed by atoms with Crippen LogP contribution in [0.15, 0.2) is 34.5 Å². The number of hydrogen-bond donors (Lipinski definition) is 2. The van der Waals surface area contributed by atoms with Crippen molar-refractivity contribution in [3.8, 4) is 0 Å². The highest BCUT2D eigenvalue weighted by Crippen LogP contribution is 1.99. The van der Waals surface area contributed by atoms with Gasteiger partial charge in [0.1, 0.15) is 5.82 Å². The fourth-order valence-electron chi connectivity index (χ4n) is 0.940. The van der Waals surface area contributed by atoms with Crippen molar-refractivity contribution in [1.29, 1.82) is 0 Å². The highest BCUT2D eigenvalue weighted by Gasteiger charge is 1.94.